The Morgan fingerprint density at radius 3 is 2.41 bits per heavy atom. The third-order valence-electron chi connectivity index (χ3n) is 3.32. The number of imidazole rings is 1. The fourth-order valence-electron chi connectivity index (χ4n) is 2.25. The number of hydrogen-bond acceptors (Lipinski definition) is 4. The minimum absolute atomic E-state index is 0. The van der Waals surface area contributed by atoms with Gasteiger partial charge in [0.15, 0.2) is 11.5 Å². The van der Waals surface area contributed by atoms with Crippen LogP contribution in [0.5, 0.6) is 0 Å². The predicted molar refractivity (Wildman–Crippen MR) is 84.4 cm³/mol. The van der Waals surface area contributed by atoms with Gasteiger partial charge in [0.25, 0.3) is 0 Å². The summed E-state index contributed by atoms with van der Waals surface area (Å²) in [6.45, 7) is 0.833. The minimum atomic E-state index is 0. The molecule has 0 unspecified atom stereocenters. The van der Waals surface area contributed by atoms with E-state index in [-0.39, 0.29) is 17.1 Å². The summed E-state index contributed by atoms with van der Waals surface area (Å²) >= 11 is 0. The van der Waals surface area contributed by atoms with Gasteiger partial charge in [-0.15, -0.1) is 0 Å². The molecule has 5 nitrogen and oxygen atoms in total. The Morgan fingerprint density at radius 2 is 1.77 bits per heavy atom. The fraction of sp³-hybridized carbons (Fsp3) is 0.188. The maximum absolute atomic E-state index is 5.72. The van der Waals surface area contributed by atoms with Crippen molar-refractivity contribution in [2.45, 2.75) is 13.0 Å². The largest absolute Gasteiger partial charge is 0.382 e. The van der Waals surface area contributed by atoms with Gasteiger partial charge in [0.05, 0.1) is 6.33 Å². The summed E-state index contributed by atoms with van der Waals surface area (Å²) in [4.78, 5) is 12.3. The van der Waals surface area contributed by atoms with Crippen LogP contribution < -0.4 is 5.73 Å². The second-order valence-corrected chi connectivity index (χ2v) is 4.85. The van der Waals surface area contributed by atoms with Gasteiger partial charge in [-0.3, -0.25) is 0 Å². The molecule has 0 fully saturated rings. The zero-order chi connectivity index (χ0) is 14.5. The van der Waals surface area contributed by atoms with Gasteiger partial charge in [-0.05, 0) is 6.42 Å². The molecule has 114 valence electrons. The molecule has 0 saturated heterocycles. The van der Waals surface area contributed by atoms with Crippen LogP contribution in [0.2, 0.25) is 0 Å². The first kappa shape index (κ1) is 16.2. The van der Waals surface area contributed by atoms with Gasteiger partial charge in [0.2, 0.25) is 0 Å². The quantitative estimate of drug-likeness (QED) is 0.857. The van der Waals surface area contributed by atoms with Crippen molar-refractivity contribution < 1.29 is 17.1 Å². The third kappa shape index (κ3) is 3.72. The van der Waals surface area contributed by atoms with E-state index in [4.69, 9.17) is 5.73 Å². The molecule has 0 saturated carbocycles. The van der Waals surface area contributed by atoms with E-state index in [1.807, 2.05) is 16.7 Å². The molecule has 2 aromatic heterocycles. The van der Waals surface area contributed by atoms with Crippen molar-refractivity contribution in [3.8, 4) is 0 Å². The molecule has 0 aliphatic heterocycles. The van der Waals surface area contributed by atoms with E-state index >= 15 is 0 Å². The Morgan fingerprint density at radius 1 is 1.05 bits per heavy atom. The van der Waals surface area contributed by atoms with Crippen molar-refractivity contribution >= 4 is 17.0 Å². The standard InChI is InChI=1S/C11H11N5.C5H6.Fe/c12-10-9-11(14-6-13-10)16(7-15-9)5-8-3-1-2-4-8;1-2-4-5-3-1;/h1-4,6-8H,5H2,(H2,12,13,14);1-4H,5H2;. The van der Waals surface area contributed by atoms with Gasteiger partial charge in [0.1, 0.15) is 11.8 Å². The number of rotatable bonds is 2. The van der Waals surface area contributed by atoms with Gasteiger partial charge in [0, 0.05) is 29.5 Å². The van der Waals surface area contributed by atoms with E-state index in [0.29, 0.717) is 17.3 Å². The molecule has 2 N–H and O–H groups in total. The number of hydrogen-bond donors (Lipinski definition) is 1. The van der Waals surface area contributed by atoms with E-state index in [1.165, 1.54) is 6.33 Å². The first-order valence-electron chi connectivity index (χ1n) is 6.92. The van der Waals surface area contributed by atoms with Crippen LogP contribution in [0.3, 0.4) is 0 Å². The molecule has 22 heavy (non-hydrogen) atoms. The molecule has 2 aliphatic rings. The van der Waals surface area contributed by atoms with Crippen LogP contribution >= 0.6 is 0 Å². The van der Waals surface area contributed by atoms with Gasteiger partial charge in [-0.2, -0.15) is 0 Å². The molecule has 0 atom stereocenters. The molecule has 0 spiro atoms. The van der Waals surface area contributed by atoms with E-state index in [2.05, 4.69) is 51.4 Å². The number of nitrogen functional groups attached to an aromatic ring is 1. The van der Waals surface area contributed by atoms with Crippen molar-refractivity contribution in [3.63, 3.8) is 0 Å². The molecule has 2 heterocycles. The third-order valence-corrected chi connectivity index (χ3v) is 3.32. The molecule has 0 aromatic carbocycles. The van der Waals surface area contributed by atoms with E-state index < -0.39 is 0 Å². The smallest absolute Gasteiger partial charge is 0.165 e. The predicted octanol–water partition coefficient (Wildman–Crippen LogP) is 2.65. The van der Waals surface area contributed by atoms with Crippen LogP contribution in [0.4, 0.5) is 5.82 Å². The van der Waals surface area contributed by atoms with Crippen molar-refractivity contribution in [1.29, 1.82) is 0 Å². The molecular weight excluding hydrogens is 318 g/mol. The Balaban J connectivity index is 0.000000253. The average molecular weight is 335 g/mol. The number of nitrogens with two attached hydrogens (primary N) is 1. The summed E-state index contributed by atoms with van der Waals surface area (Å²) in [6, 6.07) is 0. The number of fused-ring (bicyclic) bond motifs is 1. The number of aromatic nitrogens is 4. The fourth-order valence-corrected chi connectivity index (χ4v) is 2.25. The molecule has 2 aliphatic carbocycles. The zero-order valence-corrected chi connectivity index (χ0v) is 13.1. The second kappa shape index (κ2) is 7.73. The van der Waals surface area contributed by atoms with E-state index in [9.17, 15) is 0 Å². The number of anilines is 1. The molecule has 4 rings (SSSR count). The Labute approximate surface area is 139 Å². The normalized spacial score (nSPS) is 15.1. The molecule has 0 bridgehead atoms. The number of allylic oxidation sites excluding steroid dienone is 8. The van der Waals surface area contributed by atoms with Gasteiger partial charge < -0.3 is 10.3 Å². The number of nitrogens with zero attached hydrogens (tertiary/aromatic N) is 4. The van der Waals surface area contributed by atoms with Crippen LogP contribution in [0, 0.1) is 5.92 Å². The van der Waals surface area contributed by atoms with Gasteiger partial charge in [-0.25, -0.2) is 15.0 Å². The second-order valence-electron chi connectivity index (χ2n) is 4.85. The summed E-state index contributed by atoms with van der Waals surface area (Å²) in [5, 5.41) is 0. The van der Waals surface area contributed by atoms with Crippen LogP contribution in [0.1, 0.15) is 6.42 Å². The first-order chi connectivity index (χ1) is 10.3. The average Bonchev–Trinajstić information content (AvgIpc) is 3.23. The molecule has 6 heteroatoms. The Kier molecular flexibility index (Phi) is 5.69. The van der Waals surface area contributed by atoms with Crippen molar-refractivity contribution in [2.75, 3.05) is 5.73 Å². The minimum Gasteiger partial charge on any atom is -0.382 e. The molecule has 0 radical (unpaired) electrons. The van der Waals surface area contributed by atoms with Gasteiger partial charge >= 0.3 is 0 Å². The topological polar surface area (TPSA) is 69.6 Å². The summed E-state index contributed by atoms with van der Waals surface area (Å²) in [5.74, 6) is 0.842. The molecular formula is C16H17FeN5. The van der Waals surface area contributed by atoms with Crippen LogP contribution in [0.25, 0.3) is 11.2 Å². The first-order valence-corrected chi connectivity index (χ1v) is 6.92. The van der Waals surface area contributed by atoms with E-state index in [1.54, 1.807) is 6.33 Å². The van der Waals surface area contributed by atoms with Gasteiger partial charge in [-0.1, -0.05) is 48.6 Å². The summed E-state index contributed by atoms with van der Waals surface area (Å²) in [7, 11) is 0. The summed E-state index contributed by atoms with van der Waals surface area (Å²) in [5.41, 5.74) is 7.19. The van der Waals surface area contributed by atoms with Crippen molar-refractivity contribution in [1.82, 2.24) is 19.5 Å². The van der Waals surface area contributed by atoms with Crippen LogP contribution in [-0.4, -0.2) is 19.5 Å². The monoisotopic (exact) mass is 335 g/mol. The van der Waals surface area contributed by atoms with E-state index in [0.717, 1.165) is 18.6 Å². The maximum Gasteiger partial charge on any atom is 0.165 e. The Bertz CT molecular complexity index is 720. The zero-order valence-electron chi connectivity index (χ0n) is 12.0. The Hall–Kier alpha value is -2.17. The SMILES string of the molecule is C1=CCC=C1.Nc1ncnc2c1ncn2CC1C=CC=C1.[Fe]. The summed E-state index contributed by atoms with van der Waals surface area (Å²) in [6.07, 6.45) is 21.1. The van der Waals surface area contributed by atoms with Crippen LogP contribution in [-0.2, 0) is 23.6 Å². The summed E-state index contributed by atoms with van der Waals surface area (Å²) < 4.78 is 2.00. The van der Waals surface area contributed by atoms with Crippen molar-refractivity contribution in [3.05, 3.63) is 61.3 Å². The molecule has 2 aromatic rings. The molecule has 0 amide bonds. The van der Waals surface area contributed by atoms with Crippen molar-refractivity contribution in [2.24, 2.45) is 5.92 Å². The maximum atomic E-state index is 5.72. The van der Waals surface area contributed by atoms with Crippen LogP contribution in [0.15, 0.2) is 61.3 Å².